The van der Waals surface area contributed by atoms with Gasteiger partial charge in [0.15, 0.2) is 0 Å². The predicted molar refractivity (Wildman–Crippen MR) is 117 cm³/mol. The molecular formula is C19H31IO2SSi. The average Bonchev–Trinajstić information content (AvgIpc) is 2.90. The summed E-state index contributed by atoms with van der Waals surface area (Å²) < 4.78 is 14.2. The Bertz CT molecular complexity index is 623. The van der Waals surface area contributed by atoms with Crippen LogP contribution in [0, 0.1) is 20.8 Å². The van der Waals surface area contributed by atoms with Gasteiger partial charge in [-0.3, -0.25) is 0 Å². The van der Waals surface area contributed by atoms with Crippen molar-refractivity contribution in [2.24, 2.45) is 0 Å². The minimum absolute atomic E-state index is 0.200. The molecule has 0 aromatic heterocycles. The van der Waals surface area contributed by atoms with Crippen LogP contribution >= 0.6 is 34.4 Å². The molecule has 0 bridgehead atoms. The lowest BCUT2D eigenvalue weighted by atomic mass is 10.0. The molecule has 1 aliphatic heterocycles. The number of benzene rings is 1. The molecule has 0 fully saturated rings. The van der Waals surface area contributed by atoms with Crippen LogP contribution in [0.4, 0.5) is 0 Å². The molecule has 0 amide bonds. The van der Waals surface area contributed by atoms with Crippen LogP contribution in [-0.4, -0.2) is 18.2 Å². The van der Waals surface area contributed by atoms with Gasteiger partial charge in [0.1, 0.15) is 16.9 Å². The second-order valence-corrected chi connectivity index (χ2v) is 15.2. The van der Waals surface area contributed by atoms with Crippen LogP contribution in [0.3, 0.4) is 0 Å². The summed E-state index contributed by atoms with van der Waals surface area (Å²) >= 11 is 4.32. The molecule has 136 valence electrons. The molecule has 0 saturated carbocycles. The smallest absolute Gasteiger partial charge is 0.250 e. The van der Waals surface area contributed by atoms with E-state index in [0.29, 0.717) is 0 Å². The van der Waals surface area contributed by atoms with E-state index in [1.54, 1.807) is 0 Å². The van der Waals surface area contributed by atoms with Gasteiger partial charge >= 0.3 is 0 Å². The lowest BCUT2D eigenvalue weighted by molar-refractivity contribution is 0.281. The van der Waals surface area contributed by atoms with E-state index in [-0.39, 0.29) is 10.5 Å². The summed E-state index contributed by atoms with van der Waals surface area (Å²) in [5.41, 5.74) is 4.01. The van der Waals surface area contributed by atoms with E-state index in [9.17, 15) is 0 Å². The number of hydrogen-bond acceptors (Lipinski definition) is 3. The summed E-state index contributed by atoms with van der Waals surface area (Å²) in [5.74, 6) is 2.19. The number of hydrogen-bond donors (Lipinski definition) is 0. The zero-order valence-corrected chi connectivity index (χ0v) is 20.3. The highest BCUT2D eigenvalue weighted by Gasteiger charge is 2.40. The Balaban J connectivity index is 2.39. The Morgan fingerprint density at radius 3 is 2.29 bits per heavy atom. The molecule has 1 unspecified atom stereocenters. The molecule has 0 radical (unpaired) electrons. The first-order valence-corrected chi connectivity index (χ1v) is 14.0. The SMILES string of the molecule is Cc1c(C)c2c(c(C)c1O[Si](C)(C)C(C)(C)C)SC(CCCI)O2. The molecule has 1 aliphatic rings. The fourth-order valence-corrected chi connectivity index (χ4v) is 5.39. The lowest BCUT2D eigenvalue weighted by Gasteiger charge is -2.37. The van der Waals surface area contributed by atoms with Crippen molar-refractivity contribution in [3.63, 3.8) is 0 Å². The first-order chi connectivity index (χ1) is 11.0. The lowest BCUT2D eigenvalue weighted by Crippen LogP contribution is -2.44. The maximum atomic E-state index is 6.72. The monoisotopic (exact) mass is 478 g/mol. The van der Waals surface area contributed by atoms with Crippen LogP contribution < -0.4 is 9.16 Å². The third-order valence-corrected chi connectivity index (χ3v) is 11.8. The molecule has 2 nitrogen and oxygen atoms in total. The Labute approximate surface area is 166 Å². The third kappa shape index (κ3) is 3.93. The first kappa shape index (κ1) is 20.4. The predicted octanol–water partition coefficient (Wildman–Crippen LogP) is 7.02. The van der Waals surface area contributed by atoms with Gasteiger partial charge < -0.3 is 9.16 Å². The Morgan fingerprint density at radius 1 is 1.12 bits per heavy atom. The van der Waals surface area contributed by atoms with Gasteiger partial charge in [-0.15, -0.1) is 0 Å². The van der Waals surface area contributed by atoms with Crippen molar-refractivity contribution >= 4 is 42.7 Å². The summed E-state index contributed by atoms with van der Waals surface area (Å²) in [6.45, 7) is 18.1. The van der Waals surface area contributed by atoms with Gasteiger partial charge in [-0.1, -0.05) is 55.1 Å². The number of alkyl halides is 1. The minimum atomic E-state index is -1.85. The van der Waals surface area contributed by atoms with E-state index in [2.05, 4.69) is 77.2 Å². The van der Waals surface area contributed by atoms with Gasteiger partial charge in [0, 0.05) is 5.56 Å². The van der Waals surface area contributed by atoms with Crippen molar-refractivity contribution in [2.75, 3.05) is 4.43 Å². The van der Waals surface area contributed by atoms with Crippen LogP contribution in [0.1, 0.15) is 50.3 Å². The highest BCUT2D eigenvalue weighted by atomic mass is 127. The summed E-state index contributed by atoms with van der Waals surface area (Å²) in [7, 11) is -1.85. The second kappa shape index (κ2) is 7.39. The molecule has 5 heteroatoms. The Kier molecular flexibility index (Phi) is 6.29. The summed E-state index contributed by atoms with van der Waals surface area (Å²) in [6.07, 6.45) is 2.31. The molecule has 0 aliphatic carbocycles. The average molecular weight is 479 g/mol. The maximum absolute atomic E-state index is 6.72. The number of rotatable bonds is 5. The van der Waals surface area contributed by atoms with E-state index in [4.69, 9.17) is 9.16 Å². The molecule has 1 atom stereocenters. The van der Waals surface area contributed by atoms with Gasteiger partial charge in [-0.2, -0.15) is 0 Å². The highest BCUT2D eigenvalue weighted by molar-refractivity contribution is 14.1. The molecule has 0 spiro atoms. The minimum Gasteiger partial charge on any atom is -0.543 e. The maximum Gasteiger partial charge on any atom is 0.250 e. The molecule has 2 rings (SSSR count). The third-order valence-electron chi connectivity index (χ3n) is 5.37. The van der Waals surface area contributed by atoms with Crippen LogP contribution in [0.2, 0.25) is 18.1 Å². The Morgan fingerprint density at radius 2 is 1.75 bits per heavy atom. The van der Waals surface area contributed by atoms with Gasteiger partial charge in [0.05, 0.1) is 4.90 Å². The summed E-state index contributed by atoms with van der Waals surface area (Å²) in [4.78, 5) is 1.30. The normalized spacial score (nSPS) is 17.6. The van der Waals surface area contributed by atoms with Crippen LogP contribution in [0.25, 0.3) is 0 Å². The van der Waals surface area contributed by atoms with Crippen LogP contribution in [0.5, 0.6) is 11.5 Å². The van der Waals surface area contributed by atoms with Crippen molar-refractivity contribution in [1.82, 2.24) is 0 Å². The van der Waals surface area contributed by atoms with Gasteiger partial charge in [-0.25, -0.2) is 0 Å². The fourth-order valence-electron chi connectivity index (χ4n) is 2.56. The zero-order valence-electron chi connectivity index (χ0n) is 16.3. The molecule has 1 heterocycles. The number of ether oxygens (including phenoxy) is 1. The number of thioether (sulfide) groups is 1. The van der Waals surface area contributed by atoms with E-state index >= 15 is 0 Å². The van der Waals surface area contributed by atoms with E-state index in [0.717, 1.165) is 17.9 Å². The van der Waals surface area contributed by atoms with Gasteiger partial charge in [-0.05, 0) is 67.3 Å². The Hall–Kier alpha value is 0.117. The van der Waals surface area contributed by atoms with E-state index in [1.807, 2.05) is 11.8 Å². The van der Waals surface area contributed by atoms with E-state index < -0.39 is 8.32 Å². The number of fused-ring (bicyclic) bond motifs is 1. The second-order valence-electron chi connectivity index (χ2n) is 8.22. The largest absolute Gasteiger partial charge is 0.543 e. The fraction of sp³-hybridized carbons (Fsp3) is 0.684. The molecule has 1 aromatic carbocycles. The standard InChI is InChI=1S/C19H31IO2SSi/c1-12-13(2)17-18(23-15(21-17)10-9-11-20)14(3)16(12)22-24(7,8)19(4,5)6/h15H,9-11H2,1-8H3. The molecule has 1 aromatic rings. The number of halogens is 1. The van der Waals surface area contributed by atoms with Crippen molar-refractivity contribution in [3.8, 4) is 11.5 Å². The van der Waals surface area contributed by atoms with Crippen molar-refractivity contribution < 1.29 is 9.16 Å². The molecular weight excluding hydrogens is 447 g/mol. The molecule has 24 heavy (non-hydrogen) atoms. The molecule has 0 saturated heterocycles. The first-order valence-electron chi connectivity index (χ1n) is 8.71. The summed E-state index contributed by atoms with van der Waals surface area (Å²) in [6, 6.07) is 0. The zero-order chi connectivity index (χ0) is 18.3. The highest BCUT2D eigenvalue weighted by Crippen LogP contribution is 2.51. The quantitative estimate of drug-likeness (QED) is 0.257. The topological polar surface area (TPSA) is 18.5 Å². The van der Waals surface area contributed by atoms with E-state index in [1.165, 1.54) is 32.4 Å². The summed E-state index contributed by atoms with van der Waals surface area (Å²) in [5, 5.41) is 0.200. The van der Waals surface area contributed by atoms with Crippen molar-refractivity contribution in [3.05, 3.63) is 16.7 Å². The van der Waals surface area contributed by atoms with Gasteiger partial charge in [0.2, 0.25) is 0 Å². The van der Waals surface area contributed by atoms with Crippen LogP contribution in [-0.2, 0) is 0 Å². The van der Waals surface area contributed by atoms with Gasteiger partial charge in [0.25, 0.3) is 8.32 Å². The van der Waals surface area contributed by atoms with Crippen molar-refractivity contribution in [2.45, 2.75) is 82.8 Å². The van der Waals surface area contributed by atoms with Crippen LogP contribution in [0.15, 0.2) is 4.90 Å². The van der Waals surface area contributed by atoms with Crippen molar-refractivity contribution in [1.29, 1.82) is 0 Å². The molecule has 0 N–H and O–H groups in total.